The van der Waals surface area contributed by atoms with Crippen LogP contribution in [0.15, 0.2) is 0 Å². The van der Waals surface area contributed by atoms with Gasteiger partial charge in [0.25, 0.3) is 0 Å². The Morgan fingerprint density at radius 1 is 1.75 bits per heavy atom. The average Bonchev–Trinajstić information content (AvgIpc) is 1.90. The van der Waals surface area contributed by atoms with Gasteiger partial charge >= 0.3 is 0 Å². The minimum Gasteiger partial charge on any atom is -0.377 e. The predicted octanol–water partition coefficient (Wildman–Crippen LogP) is -0.392. The van der Waals surface area contributed by atoms with Crippen molar-refractivity contribution in [3.8, 4) is 12.3 Å². The smallest absolute Gasteiger partial charge is 0.0924 e. The molecule has 2 nitrogen and oxygen atoms in total. The molecule has 0 unspecified atom stereocenters. The molecule has 1 N–H and O–H groups in total. The lowest BCUT2D eigenvalue weighted by Crippen LogP contribution is -2.39. The molecule has 1 fully saturated rings. The van der Waals surface area contributed by atoms with Crippen LogP contribution in [-0.4, -0.2) is 25.8 Å². The molecule has 1 atom stereocenters. The summed E-state index contributed by atoms with van der Waals surface area (Å²) >= 11 is 0. The molecule has 1 saturated heterocycles. The lowest BCUT2D eigenvalue weighted by Gasteiger charge is -2.18. The third-order valence-electron chi connectivity index (χ3n) is 1.12. The molecule has 0 aliphatic carbocycles. The number of morpholine rings is 1. The molecule has 2 heteroatoms. The van der Waals surface area contributed by atoms with Gasteiger partial charge in [-0.1, -0.05) is 5.92 Å². The van der Waals surface area contributed by atoms with Crippen LogP contribution in [-0.2, 0) is 4.74 Å². The van der Waals surface area contributed by atoms with E-state index in [1.54, 1.807) is 0 Å². The molecule has 0 spiro atoms. The molecular weight excluding hydrogens is 102 g/mol. The molecule has 44 valence electrons. The van der Waals surface area contributed by atoms with Gasteiger partial charge in [0.2, 0.25) is 0 Å². The molecule has 1 aliphatic heterocycles. The van der Waals surface area contributed by atoms with Gasteiger partial charge in [0, 0.05) is 6.54 Å². The van der Waals surface area contributed by atoms with E-state index in [1.165, 1.54) is 0 Å². The first-order chi connectivity index (χ1) is 3.93. The van der Waals surface area contributed by atoms with Gasteiger partial charge in [-0.3, -0.25) is 5.32 Å². The van der Waals surface area contributed by atoms with Gasteiger partial charge in [-0.05, 0) is 0 Å². The Morgan fingerprint density at radius 2 is 2.62 bits per heavy atom. The Labute approximate surface area is 49.2 Å². The Morgan fingerprint density at radius 3 is 3.00 bits per heavy atom. The van der Waals surface area contributed by atoms with Crippen LogP contribution in [0.1, 0.15) is 0 Å². The second-order valence-electron chi connectivity index (χ2n) is 1.75. The van der Waals surface area contributed by atoms with E-state index in [9.17, 15) is 0 Å². The largest absolute Gasteiger partial charge is 0.377 e. The van der Waals surface area contributed by atoms with Gasteiger partial charge in [0.05, 0.1) is 19.3 Å². The maximum Gasteiger partial charge on any atom is 0.0924 e. The Balaban J connectivity index is 2.25. The monoisotopic (exact) mass is 111 g/mol. The highest BCUT2D eigenvalue weighted by atomic mass is 16.5. The highest BCUT2D eigenvalue weighted by Crippen LogP contribution is 1.88. The third kappa shape index (κ3) is 1.22. The fourth-order valence-electron chi connectivity index (χ4n) is 0.672. The number of rotatable bonds is 0. The molecule has 0 bridgehead atoms. The Hall–Kier alpha value is -0.520. The van der Waals surface area contributed by atoms with Crippen molar-refractivity contribution in [2.24, 2.45) is 0 Å². The molecule has 1 aliphatic rings. The van der Waals surface area contributed by atoms with Crippen molar-refractivity contribution in [3.63, 3.8) is 0 Å². The zero-order valence-corrected chi connectivity index (χ0v) is 4.68. The van der Waals surface area contributed by atoms with E-state index in [2.05, 4.69) is 11.2 Å². The van der Waals surface area contributed by atoms with Gasteiger partial charge in [0.1, 0.15) is 0 Å². The lowest BCUT2D eigenvalue weighted by molar-refractivity contribution is 0.0926. The fraction of sp³-hybridized carbons (Fsp3) is 0.667. The first-order valence-electron chi connectivity index (χ1n) is 2.71. The zero-order chi connectivity index (χ0) is 5.82. The van der Waals surface area contributed by atoms with E-state index in [-0.39, 0.29) is 6.04 Å². The summed E-state index contributed by atoms with van der Waals surface area (Å²) in [5, 5.41) is 3.11. The van der Waals surface area contributed by atoms with Crippen molar-refractivity contribution in [1.29, 1.82) is 0 Å². The summed E-state index contributed by atoms with van der Waals surface area (Å²) in [6, 6.07) is 0.142. The van der Waals surface area contributed by atoms with Crippen molar-refractivity contribution in [3.05, 3.63) is 0 Å². The minimum absolute atomic E-state index is 0.142. The summed E-state index contributed by atoms with van der Waals surface area (Å²) in [6.45, 7) is 2.34. The van der Waals surface area contributed by atoms with Gasteiger partial charge in [-0.25, -0.2) is 0 Å². The number of terminal acetylenes is 1. The molecule has 0 aromatic heterocycles. The summed E-state index contributed by atoms with van der Waals surface area (Å²) in [5.41, 5.74) is 0. The van der Waals surface area contributed by atoms with Crippen molar-refractivity contribution in [2.75, 3.05) is 19.8 Å². The summed E-state index contributed by atoms with van der Waals surface area (Å²) < 4.78 is 5.07. The van der Waals surface area contributed by atoms with Crippen LogP contribution in [0.3, 0.4) is 0 Å². The molecule has 0 amide bonds. The number of hydrogen-bond acceptors (Lipinski definition) is 2. The van der Waals surface area contributed by atoms with Crippen molar-refractivity contribution >= 4 is 0 Å². The van der Waals surface area contributed by atoms with Crippen molar-refractivity contribution < 1.29 is 4.74 Å². The molecule has 1 rings (SSSR count). The van der Waals surface area contributed by atoms with Crippen molar-refractivity contribution in [1.82, 2.24) is 5.32 Å². The zero-order valence-electron chi connectivity index (χ0n) is 4.68. The van der Waals surface area contributed by atoms with E-state index >= 15 is 0 Å². The second kappa shape index (κ2) is 2.71. The van der Waals surface area contributed by atoms with Crippen molar-refractivity contribution in [2.45, 2.75) is 6.04 Å². The quantitative estimate of drug-likeness (QED) is 0.430. The molecular formula is C6H9NO. The topological polar surface area (TPSA) is 21.3 Å². The van der Waals surface area contributed by atoms with Gasteiger partial charge in [0.15, 0.2) is 0 Å². The first-order valence-corrected chi connectivity index (χ1v) is 2.71. The Bertz CT molecular complexity index is 99.6. The summed E-state index contributed by atoms with van der Waals surface area (Å²) in [7, 11) is 0. The van der Waals surface area contributed by atoms with Crippen LogP contribution >= 0.6 is 0 Å². The molecule has 0 saturated carbocycles. The van der Waals surface area contributed by atoms with E-state index in [4.69, 9.17) is 11.2 Å². The first kappa shape index (κ1) is 5.61. The van der Waals surface area contributed by atoms with E-state index in [1.807, 2.05) is 0 Å². The molecule has 0 aromatic rings. The van der Waals surface area contributed by atoms with E-state index in [0.29, 0.717) is 6.61 Å². The molecule has 0 aromatic carbocycles. The normalized spacial score (nSPS) is 29.1. The number of ether oxygens (including phenoxy) is 1. The standard InChI is InChI=1S/C6H9NO/c1-2-6-5-8-4-3-7-6/h1,6-7H,3-5H2/t6-/m0/s1. The summed E-state index contributed by atoms with van der Waals surface area (Å²) in [6.07, 6.45) is 5.11. The predicted molar refractivity (Wildman–Crippen MR) is 31.4 cm³/mol. The number of hydrogen-bond donors (Lipinski definition) is 1. The maximum absolute atomic E-state index is 5.11. The third-order valence-corrected chi connectivity index (χ3v) is 1.12. The van der Waals surface area contributed by atoms with Gasteiger partial charge in [-0.15, -0.1) is 6.42 Å². The summed E-state index contributed by atoms with van der Waals surface area (Å²) in [4.78, 5) is 0. The van der Waals surface area contributed by atoms with Gasteiger partial charge < -0.3 is 4.74 Å². The lowest BCUT2D eigenvalue weighted by atomic mass is 10.3. The summed E-state index contributed by atoms with van der Waals surface area (Å²) in [5.74, 6) is 2.57. The Kier molecular flexibility index (Phi) is 1.90. The highest BCUT2D eigenvalue weighted by molar-refractivity contribution is 4.99. The molecule has 8 heavy (non-hydrogen) atoms. The van der Waals surface area contributed by atoms with Crippen LogP contribution in [0.5, 0.6) is 0 Å². The SMILES string of the molecule is C#C[C@H]1COCCN1. The molecule has 0 radical (unpaired) electrons. The van der Waals surface area contributed by atoms with E-state index < -0.39 is 0 Å². The minimum atomic E-state index is 0.142. The second-order valence-corrected chi connectivity index (χ2v) is 1.75. The van der Waals surface area contributed by atoms with Crippen LogP contribution in [0, 0.1) is 12.3 Å². The number of nitrogens with one attached hydrogen (secondary N) is 1. The maximum atomic E-state index is 5.11. The van der Waals surface area contributed by atoms with Crippen LogP contribution in [0.2, 0.25) is 0 Å². The average molecular weight is 111 g/mol. The van der Waals surface area contributed by atoms with Crippen LogP contribution in [0.25, 0.3) is 0 Å². The fourth-order valence-corrected chi connectivity index (χ4v) is 0.672. The van der Waals surface area contributed by atoms with Crippen LogP contribution < -0.4 is 5.32 Å². The van der Waals surface area contributed by atoms with E-state index in [0.717, 1.165) is 13.2 Å². The van der Waals surface area contributed by atoms with Gasteiger partial charge in [-0.2, -0.15) is 0 Å². The highest BCUT2D eigenvalue weighted by Gasteiger charge is 2.07. The molecule has 1 heterocycles. The van der Waals surface area contributed by atoms with Crippen LogP contribution in [0.4, 0.5) is 0 Å².